The van der Waals surface area contributed by atoms with E-state index in [1.54, 1.807) is 19.1 Å². The van der Waals surface area contributed by atoms with Crippen LogP contribution in [-0.2, 0) is 9.59 Å². The van der Waals surface area contributed by atoms with Crippen LogP contribution in [0, 0.1) is 28.6 Å². The number of carbonyl (C=O) groups is 2. The Kier molecular flexibility index (Phi) is 3.42. The molecule has 136 valence electrons. The standard InChI is InChI=1S/C20H26O5/c1-18-7-5-12(21)9-11(18)3-4-13-14-6-8-20(25,17(23)24)19(14,2)10-15(22)16(13)18/h5,7,9,13-16,22,25H,3-4,6,8,10H2,1-2H3,(H,23,24)/p-1/t13-,14-,15-,16-,18-,19-,20-/m0/s1. The molecule has 25 heavy (non-hydrogen) atoms. The number of aliphatic hydroxyl groups is 2. The molecule has 0 radical (unpaired) electrons. The molecule has 2 N–H and O–H groups in total. The van der Waals surface area contributed by atoms with Gasteiger partial charge in [0.2, 0.25) is 0 Å². The molecular formula is C20H25O5-. The first kappa shape index (κ1) is 17.0. The van der Waals surface area contributed by atoms with Gasteiger partial charge in [-0.1, -0.05) is 25.5 Å². The third kappa shape index (κ3) is 1.97. The average Bonchev–Trinajstić information content (AvgIpc) is 2.80. The Bertz CT molecular complexity index is 709. The highest BCUT2D eigenvalue weighted by molar-refractivity contribution is 6.01. The maximum atomic E-state index is 11.8. The zero-order valence-electron chi connectivity index (χ0n) is 14.7. The molecule has 4 rings (SSSR count). The number of carboxylic acid groups (broad SMARTS) is 1. The van der Waals surface area contributed by atoms with Crippen LogP contribution in [0.15, 0.2) is 23.8 Å². The van der Waals surface area contributed by atoms with Gasteiger partial charge in [-0.2, -0.15) is 0 Å². The lowest BCUT2D eigenvalue weighted by Gasteiger charge is -2.60. The number of aliphatic carboxylic acids is 1. The van der Waals surface area contributed by atoms with Crippen molar-refractivity contribution in [3.8, 4) is 0 Å². The van der Waals surface area contributed by atoms with Crippen LogP contribution in [0.1, 0.15) is 46.0 Å². The SMILES string of the molecule is C[C@]12C=CC(=O)C=C1CC[C@@H]1[C@H]2[C@@H](O)C[C@@]2(C)[C@H]1CC[C@]2(O)C(=O)[O-]. The second-order valence-electron chi connectivity index (χ2n) is 8.90. The van der Waals surface area contributed by atoms with Crippen LogP contribution in [0.25, 0.3) is 0 Å². The summed E-state index contributed by atoms with van der Waals surface area (Å²) in [6.07, 6.45) is 7.13. The highest BCUT2D eigenvalue weighted by Crippen LogP contribution is 2.66. The third-order valence-electron chi connectivity index (χ3n) is 7.99. The molecule has 0 heterocycles. The number of ketones is 1. The van der Waals surface area contributed by atoms with Gasteiger partial charge in [-0.25, -0.2) is 0 Å². The first-order valence-corrected chi connectivity index (χ1v) is 9.19. The fourth-order valence-corrected chi connectivity index (χ4v) is 6.67. The summed E-state index contributed by atoms with van der Waals surface area (Å²) < 4.78 is 0. The molecule has 0 spiro atoms. The number of rotatable bonds is 1. The van der Waals surface area contributed by atoms with Gasteiger partial charge in [-0.05, 0) is 56.1 Å². The van der Waals surface area contributed by atoms with E-state index < -0.39 is 23.1 Å². The van der Waals surface area contributed by atoms with Crippen LogP contribution in [0.5, 0.6) is 0 Å². The molecule has 0 amide bonds. The Hall–Kier alpha value is -1.46. The second kappa shape index (κ2) is 5.04. The van der Waals surface area contributed by atoms with Gasteiger partial charge in [0.25, 0.3) is 0 Å². The van der Waals surface area contributed by atoms with Gasteiger partial charge in [-0.15, -0.1) is 0 Å². The molecule has 0 bridgehead atoms. The highest BCUT2D eigenvalue weighted by atomic mass is 16.4. The van der Waals surface area contributed by atoms with Crippen LogP contribution in [0.3, 0.4) is 0 Å². The van der Waals surface area contributed by atoms with Gasteiger partial charge >= 0.3 is 0 Å². The molecule has 5 nitrogen and oxygen atoms in total. The van der Waals surface area contributed by atoms with Crippen molar-refractivity contribution in [2.75, 3.05) is 0 Å². The van der Waals surface area contributed by atoms with Crippen LogP contribution >= 0.6 is 0 Å². The number of fused-ring (bicyclic) bond motifs is 5. The number of carboxylic acids is 1. The molecule has 4 aliphatic rings. The number of hydrogen-bond donors (Lipinski definition) is 2. The molecule has 0 saturated heterocycles. The van der Waals surface area contributed by atoms with Crippen LogP contribution in [0.2, 0.25) is 0 Å². The normalized spacial score (nSPS) is 51.4. The predicted molar refractivity (Wildman–Crippen MR) is 88.0 cm³/mol. The monoisotopic (exact) mass is 345 g/mol. The Labute approximate surface area is 147 Å². The molecule has 0 aromatic rings. The Balaban J connectivity index is 1.76. The summed E-state index contributed by atoms with van der Waals surface area (Å²) in [5, 5.41) is 33.5. The highest BCUT2D eigenvalue weighted by Gasteiger charge is 2.66. The van der Waals surface area contributed by atoms with Crippen molar-refractivity contribution in [2.45, 2.75) is 57.7 Å². The van der Waals surface area contributed by atoms with Crippen LogP contribution in [0.4, 0.5) is 0 Å². The minimum atomic E-state index is -1.88. The molecule has 3 fully saturated rings. The van der Waals surface area contributed by atoms with Crippen LogP contribution in [-0.4, -0.2) is 33.7 Å². The fraction of sp³-hybridized carbons (Fsp3) is 0.700. The lowest BCUT2D eigenvalue weighted by molar-refractivity contribution is -0.334. The molecule has 7 atom stereocenters. The molecule has 0 aliphatic heterocycles. The molecular weight excluding hydrogens is 320 g/mol. The van der Waals surface area contributed by atoms with Crippen molar-refractivity contribution in [1.29, 1.82) is 0 Å². The van der Waals surface area contributed by atoms with Crippen LogP contribution < -0.4 is 5.11 Å². The minimum absolute atomic E-state index is 0.00624. The Morgan fingerprint density at radius 3 is 2.72 bits per heavy atom. The summed E-state index contributed by atoms with van der Waals surface area (Å²) in [5.41, 5.74) is -2.06. The maximum absolute atomic E-state index is 11.8. The Morgan fingerprint density at radius 2 is 2.04 bits per heavy atom. The molecule has 3 saturated carbocycles. The lowest BCUT2D eigenvalue weighted by atomic mass is 9.46. The summed E-state index contributed by atoms with van der Waals surface area (Å²) in [7, 11) is 0. The van der Waals surface area contributed by atoms with E-state index in [4.69, 9.17) is 0 Å². The van der Waals surface area contributed by atoms with Crippen molar-refractivity contribution >= 4 is 11.8 Å². The summed E-state index contributed by atoms with van der Waals surface area (Å²) >= 11 is 0. The predicted octanol–water partition coefficient (Wildman–Crippen LogP) is 0.746. The summed E-state index contributed by atoms with van der Waals surface area (Å²) in [5.74, 6) is -1.32. The van der Waals surface area contributed by atoms with Crippen molar-refractivity contribution < 1.29 is 24.9 Å². The van der Waals surface area contributed by atoms with E-state index in [0.717, 1.165) is 18.4 Å². The van der Waals surface area contributed by atoms with Gasteiger partial charge in [-0.3, -0.25) is 4.79 Å². The van der Waals surface area contributed by atoms with E-state index in [1.165, 1.54) is 0 Å². The van der Waals surface area contributed by atoms with Crippen molar-refractivity contribution in [3.05, 3.63) is 23.8 Å². The number of carbonyl (C=O) groups excluding carboxylic acids is 2. The third-order valence-corrected chi connectivity index (χ3v) is 7.99. The first-order chi connectivity index (χ1) is 11.6. The van der Waals surface area contributed by atoms with E-state index >= 15 is 0 Å². The van der Waals surface area contributed by atoms with Gasteiger partial charge in [0.05, 0.1) is 12.1 Å². The van der Waals surface area contributed by atoms with Gasteiger partial charge in [0, 0.05) is 16.7 Å². The van der Waals surface area contributed by atoms with Gasteiger partial charge in [0.1, 0.15) is 5.60 Å². The number of hydrogen-bond acceptors (Lipinski definition) is 5. The molecule has 0 aromatic heterocycles. The second-order valence-corrected chi connectivity index (χ2v) is 8.90. The van der Waals surface area contributed by atoms with Gasteiger partial charge < -0.3 is 20.1 Å². The zero-order chi connectivity index (χ0) is 18.2. The Morgan fingerprint density at radius 1 is 1.32 bits per heavy atom. The average molecular weight is 345 g/mol. The summed E-state index contributed by atoms with van der Waals surface area (Å²) in [4.78, 5) is 23.4. The first-order valence-electron chi connectivity index (χ1n) is 9.19. The zero-order valence-corrected chi connectivity index (χ0v) is 14.7. The number of allylic oxidation sites excluding steroid dienone is 4. The molecule has 0 unspecified atom stereocenters. The van der Waals surface area contributed by atoms with Crippen molar-refractivity contribution in [3.63, 3.8) is 0 Å². The minimum Gasteiger partial charge on any atom is -0.547 e. The molecule has 0 aromatic carbocycles. The fourth-order valence-electron chi connectivity index (χ4n) is 6.67. The van der Waals surface area contributed by atoms with Crippen molar-refractivity contribution in [2.24, 2.45) is 28.6 Å². The lowest BCUT2D eigenvalue weighted by Crippen LogP contribution is -2.63. The van der Waals surface area contributed by atoms with E-state index in [2.05, 4.69) is 6.92 Å². The molecule has 5 heteroatoms. The maximum Gasteiger partial charge on any atom is 0.178 e. The van der Waals surface area contributed by atoms with Crippen molar-refractivity contribution in [1.82, 2.24) is 0 Å². The molecule has 4 aliphatic carbocycles. The van der Waals surface area contributed by atoms with E-state index in [1.807, 2.05) is 6.08 Å². The summed E-state index contributed by atoms with van der Waals surface area (Å²) in [6, 6.07) is 0. The van der Waals surface area contributed by atoms with E-state index in [9.17, 15) is 24.9 Å². The smallest absolute Gasteiger partial charge is 0.178 e. The summed E-state index contributed by atoms with van der Waals surface area (Å²) in [6.45, 7) is 3.87. The quantitative estimate of drug-likeness (QED) is 0.731. The van der Waals surface area contributed by atoms with E-state index in [0.29, 0.717) is 6.42 Å². The largest absolute Gasteiger partial charge is 0.547 e. The van der Waals surface area contributed by atoms with Gasteiger partial charge in [0.15, 0.2) is 5.78 Å². The number of aliphatic hydroxyl groups excluding tert-OH is 1. The van der Waals surface area contributed by atoms with E-state index in [-0.39, 0.29) is 41.8 Å². The topological polar surface area (TPSA) is 97.7 Å².